The maximum Gasteiger partial charge on any atom is 0.157 e. The Morgan fingerprint density at radius 3 is 2.50 bits per heavy atom. The first kappa shape index (κ1) is 17.8. The Bertz CT molecular complexity index is 778. The highest BCUT2D eigenvalue weighted by Gasteiger charge is 2.37. The molecule has 5 heteroatoms. The van der Waals surface area contributed by atoms with Crippen molar-refractivity contribution in [2.24, 2.45) is 0 Å². The number of aryl methyl sites for hydroxylation is 1. The number of thiophene rings is 1. The molecule has 3 nitrogen and oxygen atoms in total. The lowest BCUT2D eigenvalue weighted by atomic mass is 9.75. The Balaban J connectivity index is 0.00000169. The number of hydrogen-bond acceptors (Lipinski definition) is 4. The molecule has 4 rings (SSSR count). The fraction of sp³-hybridized carbons (Fsp3) is 0.474. The zero-order chi connectivity index (χ0) is 16.4. The second-order valence-electron chi connectivity index (χ2n) is 7.79. The molecule has 0 radical (unpaired) electrons. The van der Waals surface area contributed by atoms with Crippen LogP contribution in [0.1, 0.15) is 59.6 Å². The third-order valence-electron chi connectivity index (χ3n) is 5.12. The van der Waals surface area contributed by atoms with E-state index in [9.17, 15) is 10.2 Å². The summed E-state index contributed by atoms with van der Waals surface area (Å²) in [7, 11) is 0. The fourth-order valence-electron chi connectivity index (χ4n) is 3.84. The molecule has 2 atom stereocenters. The predicted octanol–water partition coefficient (Wildman–Crippen LogP) is 4.58. The Morgan fingerprint density at radius 1 is 1.08 bits per heavy atom. The van der Waals surface area contributed by atoms with Crippen molar-refractivity contribution in [3.05, 3.63) is 44.6 Å². The highest BCUT2D eigenvalue weighted by atomic mass is 79.9. The SMILES string of the molecule is Br.CC(C)(C)c1cc2c(s1)[C@H]1c3cc(O)c(O)cc3CC[C@@H]1NC2. The minimum atomic E-state index is -0.0101. The first-order valence-electron chi connectivity index (χ1n) is 8.26. The van der Waals surface area contributed by atoms with E-state index in [4.69, 9.17) is 0 Å². The summed E-state index contributed by atoms with van der Waals surface area (Å²) in [5, 5.41) is 23.5. The van der Waals surface area contributed by atoms with Gasteiger partial charge in [0.25, 0.3) is 0 Å². The molecule has 0 amide bonds. The van der Waals surface area contributed by atoms with E-state index >= 15 is 0 Å². The number of nitrogens with one attached hydrogen (secondary N) is 1. The fourth-order valence-corrected chi connectivity index (χ4v) is 5.26. The molecular formula is C19H24BrNO2S. The van der Waals surface area contributed by atoms with Gasteiger partial charge in [0.1, 0.15) is 0 Å². The first-order valence-corrected chi connectivity index (χ1v) is 9.07. The number of phenols is 2. The molecule has 1 aromatic heterocycles. The van der Waals surface area contributed by atoms with E-state index in [2.05, 4.69) is 32.2 Å². The predicted molar refractivity (Wildman–Crippen MR) is 104 cm³/mol. The lowest BCUT2D eigenvalue weighted by Crippen LogP contribution is -2.41. The summed E-state index contributed by atoms with van der Waals surface area (Å²) in [4.78, 5) is 2.85. The maximum atomic E-state index is 9.98. The molecule has 2 aromatic rings. The van der Waals surface area contributed by atoms with Gasteiger partial charge in [-0.2, -0.15) is 0 Å². The lowest BCUT2D eigenvalue weighted by Gasteiger charge is -2.38. The van der Waals surface area contributed by atoms with Crippen LogP contribution < -0.4 is 5.32 Å². The van der Waals surface area contributed by atoms with E-state index in [0.717, 1.165) is 19.4 Å². The highest BCUT2D eigenvalue weighted by molar-refractivity contribution is 8.93. The largest absolute Gasteiger partial charge is 0.504 e. The van der Waals surface area contributed by atoms with Crippen LogP contribution in [0.5, 0.6) is 11.5 Å². The maximum absolute atomic E-state index is 9.98. The molecule has 24 heavy (non-hydrogen) atoms. The number of phenolic OH excluding ortho intramolecular Hbond substituents is 2. The Labute approximate surface area is 157 Å². The monoisotopic (exact) mass is 409 g/mol. The van der Waals surface area contributed by atoms with Gasteiger partial charge in [0.15, 0.2) is 11.5 Å². The van der Waals surface area contributed by atoms with Crippen molar-refractivity contribution in [2.75, 3.05) is 0 Å². The van der Waals surface area contributed by atoms with E-state index < -0.39 is 0 Å². The summed E-state index contributed by atoms with van der Waals surface area (Å²) in [6, 6.07) is 6.28. The third kappa shape index (κ3) is 2.76. The summed E-state index contributed by atoms with van der Waals surface area (Å²) in [5.41, 5.74) is 3.89. The van der Waals surface area contributed by atoms with Crippen molar-refractivity contribution in [1.29, 1.82) is 0 Å². The molecule has 2 heterocycles. The van der Waals surface area contributed by atoms with Crippen LogP contribution in [0, 0.1) is 0 Å². The topological polar surface area (TPSA) is 52.5 Å². The summed E-state index contributed by atoms with van der Waals surface area (Å²) < 4.78 is 0. The van der Waals surface area contributed by atoms with Gasteiger partial charge >= 0.3 is 0 Å². The van der Waals surface area contributed by atoms with Crippen molar-refractivity contribution in [3.8, 4) is 11.5 Å². The lowest BCUT2D eigenvalue weighted by molar-refractivity contribution is 0.383. The molecular weight excluding hydrogens is 386 g/mol. The van der Waals surface area contributed by atoms with Crippen LogP contribution in [-0.4, -0.2) is 16.3 Å². The Morgan fingerprint density at radius 2 is 1.79 bits per heavy atom. The van der Waals surface area contributed by atoms with Crippen LogP contribution >= 0.6 is 28.3 Å². The van der Waals surface area contributed by atoms with Crippen LogP contribution in [0.4, 0.5) is 0 Å². The zero-order valence-corrected chi connectivity index (χ0v) is 16.7. The zero-order valence-electron chi connectivity index (χ0n) is 14.2. The van der Waals surface area contributed by atoms with Crippen LogP contribution in [-0.2, 0) is 18.4 Å². The Hall–Kier alpha value is -1.04. The van der Waals surface area contributed by atoms with E-state index in [1.807, 2.05) is 11.3 Å². The van der Waals surface area contributed by atoms with Gasteiger partial charge in [0.2, 0.25) is 0 Å². The molecule has 0 bridgehead atoms. The molecule has 0 unspecified atom stereocenters. The molecule has 2 aliphatic rings. The van der Waals surface area contributed by atoms with Gasteiger partial charge in [-0.05, 0) is 53.1 Å². The van der Waals surface area contributed by atoms with E-state index in [0.29, 0.717) is 6.04 Å². The van der Waals surface area contributed by atoms with Gasteiger partial charge in [0, 0.05) is 28.3 Å². The van der Waals surface area contributed by atoms with E-state index in [1.54, 1.807) is 12.1 Å². The molecule has 0 spiro atoms. The number of hydrogen-bond donors (Lipinski definition) is 3. The van der Waals surface area contributed by atoms with E-state index in [-0.39, 0.29) is 39.8 Å². The molecule has 0 saturated carbocycles. The smallest absolute Gasteiger partial charge is 0.157 e. The van der Waals surface area contributed by atoms with E-state index in [1.165, 1.54) is 26.4 Å². The van der Waals surface area contributed by atoms with Crippen molar-refractivity contribution >= 4 is 28.3 Å². The summed E-state index contributed by atoms with van der Waals surface area (Å²) in [6.07, 6.45) is 2.02. The van der Waals surface area contributed by atoms with Crippen molar-refractivity contribution in [2.45, 2.75) is 57.5 Å². The van der Waals surface area contributed by atoms with Gasteiger partial charge in [0.05, 0.1) is 0 Å². The molecule has 1 aliphatic carbocycles. The Kier molecular flexibility index (Phi) is 4.47. The number of aromatic hydroxyl groups is 2. The van der Waals surface area contributed by atoms with Crippen molar-refractivity contribution in [1.82, 2.24) is 5.32 Å². The highest BCUT2D eigenvalue weighted by Crippen LogP contribution is 2.48. The van der Waals surface area contributed by atoms with Gasteiger partial charge in [-0.1, -0.05) is 20.8 Å². The normalized spacial score (nSPS) is 22.1. The molecule has 130 valence electrons. The number of rotatable bonds is 0. The summed E-state index contributed by atoms with van der Waals surface area (Å²) in [6.45, 7) is 7.71. The minimum absolute atomic E-state index is 0. The van der Waals surface area contributed by atoms with Gasteiger partial charge in [-0.15, -0.1) is 28.3 Å². The number of benzene rings is 1. The number of fused-ring (bicyclic) bond motifs is 5. The van der Waals surface area contributed by atoms with Crippen molar-refractivity contribution < 1.29 is 10.2 Å². The molecule has 1 aromatic carbocycles. The first-order chi connectivity index (χ1) is 10.8. The molecule has 1 aliphatic heterocycles. The molecule has 0 fully saturated rings. The average Bonchev–Trinajstić information content (AvgIpc) is 2.92. The van der Waals surface area contributed by atoms with Crippen LogP contribution in [0.15, 0.2) is 18.2 Å². The van der Waals surface area contributed by atoms with Crippen molar-refractivity contribution in [3.63, 3.8) is 0 Å². The minimum Gasteiger partial charge on any atom is -0.504 e. The van der Waals surface area contributed by atoms with Crippen LogP contribution in [0.25, 0.3) is 0 Å². The molecule has 0 saturated heterocycles. The standard InChI is InChI=1S/C19H23NO2S.BrH/c1-19(2,3)16-7-11-9-20-13-5-4-10-6-14(21)15(22)8-12(10)17(13)18(11)23-16;/h6-8,13,17,20-22H,4-5,9H2,1-3H3;1H/t13-,17-;/m0./s1. The second kappa shape index (κ2) is 6.04. The average molecular weight is 410 g/mol. The molecule has 3 N–H and O–H groups in total. The van der Waals surface area contributed by atoms with Crippen LogP contribution in [0.3, 0.4) is 0 Å². The summed E-state index contributed by atoms with van der Waals surface area (Å²) >= 11 is 1.92. The quantitative estimate of drug-likeness (QED) is 0.557. The number of halogens is 1. The van der Waals surface area contributed by atoms with Gasteiger partial charge in [-0.25, -0.2) is 0 Å². The second-order valence-corrected chi connectivity index (χ2v) is 8.88. The van der Waals surface area contributed by atoms with Gasteiger partial charge < -0.3 is 15.5 Å². The van der Waals surface area contributed by atoms with Crippen LogP contribution in [0.2, 0.25) is 0 Å². The van der Waals surface area contributed by atoms with Gasteiger partial charge in [-0.3, -0.25) is 0 Å². The third-order valence-corrected chi connectivity index (χ3v) is 6.80. The summed E-state index contributed by atoms with van der Waals surface area (Å²) in [5.74, 6) is 0.270.